The van der Waals surface area contributed by atoms with Crippen molar-refractivity contribution in [2.45, 2.75) is 57.4 Å². The third kappa shape index (κ3) is 5.42. The predicted molar refractivity (Wildman–Crippen MR) is 133 cm³/mol. The number of urea groups is 1. The molecule has 2 aromatic rings. The highest BCUT2D eigenvalue weighted by Crippen LogP contribution is 2.33. The van der Waals surface area contributed by atoms with Gasteiger partial charge in [0.1, 0.15) is 11.5 Å². The second-order valence-corrected chi connectivity index (χ2v) is 10.3. The molecular formula is C24H31BrF2N6O. The maximum atomic E-state index is 14.4. The normalized spacial score (nSPS) is 19.9. The van der Waals surface area contributed by atoms with Crippen molar-refractivity contribution >= 4 is 39.4 Å². The van der Waals surface area contributed by atoms with E-state index in [2.05, 4.69) is 21.2 Å². The molecule has 0 bridgehead atoms. The van der Waals surface area contributed by atoms with Crippen molar-refractivity contribution < 1.29 is 13.6 Å². The molecule has 0 spiro atoms. The molecule has 1 aromatic carbocycles. The Hall–Kier alpha value is -2.49. The molecule has 1 aromatic heterocycles. The molecule has 0 saturated heterocycles. The number of anilines is 3. The largest absolute Gasteiger partial charge is 0.362 e. The summed E-state index contributed by atoms with van der Waals surface area (Å²) in [4.78, 5) is 24.7. The number of rotatable bonds is 6. The second kappa shape index (κ2) is 10.4. The number of carbonyl (C=O) groups excluding carboxylic acids is 1. The summed E-state index contributed by atoms with van der Waals surface area (Å²) in [6.45, 7) is 0.178. The SMILES string of the molecule is CN(C)c1nc(N[C@H]2CC[C@@H](CN(C(N)=O)c3c(F)cc(Br)cc3F)CC2)nc2c1CCCC2. The molecule has 0 aliphatic heterocycles. The van der Waals surface area contributed by atoms with Crippen LogP contribution in [0.15, 0.2) is 16.6 Å². The van der Waals surface area contributed by atoms with Gasteiger partial charge >= 0.3 is 6.03 Å². The van der Waals surface area contributed by atoms with Gasteiger partial charge in [-0.1, -0.05) is 15.9 Å². The van der Waals surface area contributed by atoms with Crippen LogP contribution in [0.4, 0.5) is 31.0 Å². The van der Waals surface area contributed by atoms with E-state index in [9.17, 15) is 13.6 Å². The van der Waals surface area contributed by atoms with Crippen LogP contribution in [0, 0.1) is 17.6 Å². The van der Waals surface area contributed by atoms with Crippen LogP contribution in [0.2, 0.25) is 0 Å². The Labute approximate surface area is 207 Å². The lowest BCUT2D eigenvalue weighted by atomic mass is 9.85. The summed E-state index contributed by atoms with van der Waals surface area (Å²) < 4.78 is 29.2. The van der Waals surface area contributed by atoms with E-state index in [0.717, 1.165) is 73.5 Å². The molecule has 7 nitrogen and oxygen atoms in total. The fraction of sp³-hybridized carbons (Fsp3) is 0.542. The average molecular weight is 537 g/mol. The van der Waals surface area contributed by atoms with Gasteiger partial charge in [0.05, 0.1) is 5.69 Å². The van der Waals surface area contributed by atoms with Gasteiger partial charge in [-0.25, -0.2) is 18.6 Å². The quantitative estimate of drug-likeness (QED) is 0.541. The number of aromatic nitrogens is 2. The molecule has 2 amide bonds. The summed E-state index contributed by atoms with van der Waals surface area (Å²) in [5.74, 6) is 0.0986. The van der Waals surface area contributed by atoms with Gasteiger partial charge in [0, 0.05) is 36.7 Å². The van der Waals surface area contributed by atoms with E-state index in [4.69, 9.17) is 15.7 Å². The number of nitrogens with two attached hydrogens (primary N) is 1. The first-order valence-corrected chi connectivity index (χ1v) is 12.6. The number of primary amides is 1. The number of carbonyl (C=O) groups is 1. The van der Waals surface area contributed by atoms with E-state index in [1.165, 1.54) is 12.0 Å². The van der Waals surface area contributed by atoms with Crippen LogP contribution in [0.3, 0.4) is 0 Å². The molecule has 10 heteroatoms. The number of hydrogen-bond donors (Lipinski definition) is 2. The van der Waals surface area contributed by atoms with Gasteiger partial charge < -0.3 is 16.0 Å². The Morgan fingerprint density at radius 1 is 1.12 bits per heavy atom. The monoisotopic (exact) mass is 536 g/mol. The fourth-order valence-electron chi connectivity index (χ4n) is 5.02. The number of nitrogens with zero attached hydrogens (tertiary/aromatic N) is 4. The Balaban J connectivity index is 1.41. The van der Waals surface area contributed by atoms with Crippen molar-refractivity contribution in [1.82, 2.24) is 9.97 Å². The van der Waals surface area contributed by atoms with Crippen LogP contribution in [-0.4, -0.2) is 42.7 Å². The minimum absolute atomic E-state index is 0.0924. The van der Waals surface area contributed by atoms with Crippen molar-refractivity contribution in [2.24, 2.45) is 11.7 Å². The number of nitrogens with one attached hydrogen (secondary N) is 1. The highest BCUT2D eigenvalue weighted by atomic mass is 79.9. The molecule has 1 fully saturated rings. The number of amides is 2. The average Bonchev–Trinajstić information content (AvgIpc) is 2.78. The van der Waals surface area contributed by atoms with Crippen molar-refractivity contribution in [2.75, 3.05) is 35.8 Å². The summed E-state index contributed by atoms with van der Waals surface area (Å²) >= 11 is 3.06. The van der Waals surface area contributed by atoms with Crippen LogP contribution < -0.4 is 20.9 Å². The van der Waals surface area contributed by atoms with E-state index >= 15 is 0 Å². The predicted octanol–water partition coefficient (Wildman–Crippen LogP) is 5.02. The number of fused-ring (bicyclic) bond motifs is 1. The third-order valence-electron chi connectivity index (χ3n) is 6.72. The molecule has 184 valence electrons. The maximum absolute atomic E-state index is 14.4. The van der Waals surface area contributed by atoms with Crippen molar-refractivity contribution in [1.29, 1.82) is 0 Å². The third-order valence-corrected chi connectivity index (χ3v) is 7.18. The van der Waals surface area contributed by atoms with Crippen molar-refractivity contribution in [3.8, 4) is 0 Å². The molecule has 0 radical (unpaired) electrons. The second-order valence-electron chi connectivity index (χ2n) is 9.43. The highest BCUT2D eigenvalue weighted by Gasteiger charge is 2.29. The van der Waals surface area contributed by atoms with E-state index in [-0.39, 0.29) is 23.0 Å². The Morgan fingerprint density at radius 3 is 2.38 bits per heavy atom. The Bertz CT molecular complexity index is 1030. The standard InChI is InChI=1S/C24H31BrF2N6O/c1-32(2)22-17-5-3-4-6-20(17)30-24(31-22)29-16-9-7-14(8-10-16)13-33(23(28)34)21-18(26)11-15(25)12-19(21)27/h11-12,14,16H,3-10,13H2,1-2H3,(H2,28,34)(H,29,30,31)/t14-,16+. The molecule has 0 unspecified atom stereocenters. The maximum Gasteiger partial charge on any atom is 0.319 e. The van der Waals surface area contributed by atoms with Gasteiger partial charge in [-0.05, 0) is 69.4 Å². The first kappa shape index (κ1) is 24.6. The van der Waals surface area contributed by atoms with Crippen LogP contribution in [0.1, 0.15) is 49.8 Å². The molecule has 1 saturated carbocycles. The lowest BCUT2D eigenvalue weighted by Crippen LogP contribution is -2.42. The summed E-state index contributed by atoms with van der Waals surface area (Å²) in [5, 5.41) is 3.50. The number of aryl methyl sites for hydroxylation is 1. The fourth-order valence-corrected chi connectivity index (χ4v) is 5.42. The van der Waals surface area contributed by atoms with E-state index in [1.807, 2.05) is 19.0 Å². The zero-order valence-corrected chi connectivity index (χ0v) is 21.2. The van der Waals surface area contributed by atoms with Gasteiger partial charge in [-0.2, -0.15) is 4.98 Å². The van der Waals surface area contributed by atoms with Gasteiger partial charge in [-0.15, -0.1) is 0 Å². The molecule has 34 heavy (non-hydrogen) atoms. The zero-order valence-electron chi connectivity index (χ0n) is 19.6. The molecule has 1 heterocycles. The molecule has 0 atom stereocenters. The summed E-state index contributed by atoms with van der Waals surface area (Å²) in [6, 6.07) is 1.61. The topological polar surface area (TPSA) is 87.4 Å². The van der Waals surface area contributed by atoms with Crippen LogP contribution in [-0.2, 0) is 12.8 Å². The summed E-state index contributed by atoms with van der Waals surface area (Å²) in [7, 11) is 4.02. The first-order chi connectivity index (χ1) is 16.2. The first-order valence-electron chi connectivity index (χ1n) is 11.8. The number of halogens is 3. The van der Waals surface area contributed by atoms with E-state index < -0.39 is 23.4 Å². The molecule has 4 rings (SSSR count). The Kier molecular flexibility index (Phi) is 7.54. The van der Waals surface area contributed by atoms with Crippen LogP contribution in [0.25, 0.3) is 0 Å². The van der Waals surface area contributed by atoms with Gasteiger partial charge in [0.15, 0.2) is 11.6 Å². The minimum Gasteiger partial charge on any atom is -0.362 e. The molecule has 2 aliphatic carbocycles. The highest BCUT2D eigenvalue weighted by molar-refractivity contribution is 9.10. The summed E-state index contributed by atoms with van der Waals surface area (Å²) in [6.07, 6.45) is 7.61. The zero-order chi connectivity index (χ0) is 24.4. The summed E-state index contributed by atoms with van der Waals surface area (Å²) in [5.41, 5.74) is 7.49. The van der Waals surface area contributed by atoms with Gasteiger partial charge in [0.25, 0.3) is 0 Å². The number of hydrogen-bond acceptors (Lipinski definition) is 5. The van der Waals surface area contributed by atoms with Crippen LogP contribution in [0.5, 0.6) is 0 Å². The van der Waals surface area contributed by atoms with Gasteiger partial charge in [0.2, 0.25) is 5.95 Å². The lowest BCUT2D eigenvalue weighted by Gasteiger charge is -2.33. The van der Waals surface area contributed by atoms with E-state index in [1.54, 1.807) is 0 Å². The van der Waals surface area contributed by atoms with Crippen molar-refractivity contribution in [3.63, 3.8) is 0 Å². The Morgan fingerprint density at radius 2 is 1.76 bits per heavy atom. The minimum atomic E-state index is -0.862. The molecular weight excluding hydrogens is 506 g/mol. The van der Waals surface area contributed by atoms with Gasteiger partial charge in [-0.3, -0.25) is 4.90 Å². The van der Waals surface area contributed by atoms with E-state index in [0.29, 0.717) is 5.95 Å². The number of benzene rings is 1. The molecule has 2 aliphatic rings. The smallest absolute Gasteiger partial charge is 0.319 e. The molecule has 3 N–H and O–H groups in total. The van der Waals surface area contributed by atoms with Crippen LogP contribution >= 0.6 is 15.9 Å². The lowest BCUT2D eigenvalue weighted by molar-refractivity contribution is 0.250. The van der Waals surface area contributed by atoms with Crippen molar-refractivity contribution in [3.05, 3.63) is 39.5 Å².